The Morgan fingerprint density at radius 2 is 2.17 bits per heavy atom. The van der Waals surface area contributed by atoms with Crippen LogP contribution in [0.5, 0.6) is 0 Å². The van der Waals surface area contributed by atoms with Crippen LogP contribution in [0.15, 0.2) is 27.9 Å². The van der Waals surface area contributed by atoms with Crippen molar-refractivity contribution < 1.29 is 9.53 Å². The highest BCUT2D eigenvalue weighted by atomic mass is 79.9. The molecule has 7 nitrogen and oxygen atoms in total. The van der Waals surface area contributed by atoms with Crippen LogP contribution < -0.4 is 5.56 Å². The first kappa shape index (κ1) is 16.9. The largest absolute Gasteiger partial charge is 0.464 e. The standard InChI is InChI=1S/C16H19BrN4O3/c1-10-5-3-4-6-11(10)8-24-12(22)7-21-9-18-15-13(16(21)23)14(17)19-20(15)2/h3-4,9-11H,5-8H2,1-2H3. The monoisotopic (exact) mass is 394 g/mol. The molecular weight excluding hydrogens is 376 g/mol. The van der Waals surface area contributed by atoms with Crippen molar-refractivity contribution in [2.24, 2.45) is 18.9 Å². The fourth-order valence-corrected chi connectivity index (χ4v) is 3.46. The molecule has 2 aromatic rings. The maximum atomic E-state index is 12.5. The van der Waals surface area contributed by atoms with Crippen molar-refractivity contribution in [3.8, 4) is 0 Å². The zero-order valence-electron chi connectivity index (χ0n) is 13.6. The number of aryl methyl sites for hydroxylation is 1. The Balaban J connectivity index is 1.69. The molecule has 128 valence electrons. The number of esters is 1. The van der Waals surface area contributed by atoms with E-state index in [1.165, 1.54) is 15.6 Å². The number of hydrogen-bond acceptors (Lipinski definition) is 5. The highest BCUT2D eigenvalue weighted by molar-refractivity contribution is 9.10. The topological polar surface area (TPSA) is 79.0 Å². The number of allylic oxidation sites excluding steroid dienone is 2. The Hall–Kier alpha value is -1.96. The van der Waals surface area contributed by atoms with Crippen molar-refractivity contribution in [2.45, 2.75) is 26.3 Å². The SMILES string of the molecule is CC1CC=CCC1COC(=O)Cn1cnc2c(c(Br)nn2C)c1=O. The van der Waals surface area contributed by atoms with Crippen molar-refractivity contribution >= 4 is 32.9 Å². The summed E-state index contributed by atoms with van der Waals surface area (Å²) in [6.07, 6.45) is 7.57. The van der Waals surface area contributed by atoms with Crippen LogP contribution in [0.1, 0.15) is 19.8 Å². The van der Waals surface area contributed by atoms with Gasteiger partial charge in [0.1, 0.15) is 22.9 Å². The lowest BCUT2D eigenvalue weighted by Gasteiger charge is -2.24. The maximum Gasteiger partial charge on any atom is 0.326 e. The van der Waals surface area contributed by atoms with Gasteiger partial charge in [0.05, 0.1) is 6.61 Å². The Bertz CT molecular complexity index is 855. The molecule has 0 fully saturated rings. The maximum absolute atomic E-state index is 12.5. The number of fused-ring (bicyclic) bond motifs is 1. The van der Waals surface area contributed by atoms with E-state index < -0.39 is 5.97 Å². The van der Waals surface area contributed by atoms with Crippen LogP contribution in [-0.2, 0) is 23.1 Å². The molecule has 2 aromatic heterocycles. The van der Waals surface area contributed by atoms with E-state index in [4.69, 9.17) is 4.74 Å². The number of hydrogen-bond donors (Lipinski definition) is 0. The first-order chi connectivity index (χ1) is 11.5. The fourth-order valence-electron chi connectivity index (χ4n) is 2.87. The number of aromatic nitrogens is 4. The molecular formula is C16H19BrN4O3. The molecule has 1 aliphatic rings. The van der Waals surface area contributed by atoms with Crippen LogP contribution >= 0.6 is 15.9 Å². The lowest BCUT2D eigenvalue weighted by molar-refractivity contribution is -0.146. The van der Waals surface area contributed by atoms with E-state index >= 15 is 0 Å². The number of halogens is 1. The Labute approximate surface area is 147 Å². The van der Waals surface area contributed by atoms with Gasteiger partial charge in [-0.1, -0.05) is 19.1 Å². The van der Waals surface area contributed by atoms with Gasteiger partial charge < -0.3 is 4.74 Å². The lowest BCUT2D eigenvalue weighted by Crippen LogP contribution is -2.28. The van der Waals surface area contributed by atoms with Crippen LogP contribution in [0.3, 0.4) is 0 Å². The Kier molecular flexibility index (Phi) is 4.84. The first-order valence-corrected chi connectivity index (χ1v) is 8.65. The van der Waals surface area contributed by atoms with E-state index in [0.717, 1.165) is 12.8 Å². The minimum atomic E-state index is -0.431. The van der Waals surface area contributed by atoms with E-state index in [9.17, 15) is 9.59 Å². The van der Waals surface area contributed by atoms with E-state index in [1.807, 2.05) is 0 Å². The van der Waals surface area contributed by atoms with E-state index in [2.05, 4.69) is 45.1 Å². The molecule has 1 aliphatic carbocycles. The molecule has 8 heteroatoms. The summed E-state index contributed by atoms with van der Waals surface area (Å²) in [5.74, 6) is 0.402. The molecule has 0 radical (unpaired) electrons. The van der Waals surface area contributed by atoms with Crippen molar-refractivity contribution in [1.29, 1.82) is 0 Å². The van der Waals surface area contributed by atoms with E-state index in [0.29, 0.717) is 34.1 Å². The van der Waals surface area contributed by atoms with Crippen molar-refractivity contribution in [3.63, 3.8) is 0 Å². The third-order valence-electron chi connectivity index (χ3n) is 4.44. The molecule has 0 aromatic carbocycles. The molecule has 0 saturated heterocycles. The van der Waals surface area contributed by atoms with Gasteiger partial charge in [-0.15, -0.1) is 0 Å². The number of carbonyl (C=O) groups excluding carboxylic acids is 1. The summed E-state index contributed by atoms with van der Waals surface area (Å²) in [5.41, 5.74) is 0.158. The summed E-state index contributed by atoms with van der Waals surface area (Å²) in [6.45, 7) is 2.38. The predicted octanol–water partition coefficient (Wildman–Crippen LogP) is 2.04. The third kappa shape index (κ3) is 3.28. The summed E-state index contributed by atoms with van der Waals surface area (Å²) in [4.78, 5) is 28.8. The smallest absolute Gasteiger partial charge is 0.326 e. The zero-order valence-corrected chi connectivity index (χ0v) is 15.2. The number of nitrogens with zero attached hydrogens (tertiary/aromatic N) is 4. The average molecular weight is 395 g/mol. The second-order valence-electron chi connectivity index (χ2n) is 6.15. The lowest BCUT2D eigenvalue weighted by atomic mass is 9.85. The molecule has 3 rings (SSSR count). The van der Waals surface area contributed by atoms with E-state index in [1.54, 1.807) is 7.05 Å². The van der Waals surface area contributed by atoms with Gasteiger partial charge in [-0.25, -0.2) is 9.67 Å². The van der Waals surface area contributed by atoms with Crippen LogP contribution in [0.25, 0.3) is 11.0 Å². The summed E-state index contributed by atoms with van der Waals surface area (Å²) in [5, 5.41) is 4.47. The van der Waals surface area contributed by atoms with Crippen molar-refractivity contribution in [3.05, 3.63) is 33.4 Å². The Morgan fingerprint density at radius 3 is 2.92 bits per heavy atom. The van der Waals surface area contributed by atoms with Gasteiger partial charge in [0.2, 0.25) is 0 Å². The predicted molar refractivity (Wildman–Crippen MR) is 92.5 cm³/mol. The van der Waals surface area contributed by atoms with Crippen molar-refractivity contribution in [2.75, 3.05) is 6.61 Å². The zero-order chi connectivity index (χ0) is 17.3. The molecule has 0 spiro atoms. The molecule has 2 unspecified atom stereocenters. The van der Waals surface area contributed by atoms with Crippen LogP contribution in [0.2, 0.25) is 0 Å². The summed E-state index contributed by atoms with van der Waals surface area (Å²) in [7, 11) is 1.71. The minimum Gasteiger partial charge on any atom is -0.464 e. The van der Waals surface area contributed by atoms with Gasteiger partial charge in [0.15, 0.2) is 5.65 Å². The van der Waals surface area contributed by atoms with Crippen LogP contribution in [-0.4, -0.2) is 31.9 Å². The van der Waals surface area contributed by atoms with E-state index in [-0.39, 0.29) is 12.1 Å². The molecule has 2 heterocycles. The number of carbonyl (C=O) groups is 1. The second-order valence-corrected chi connectivity index (χ2v) is 6.90. The Morgan fingerprint density at radius 1 is 1.42 bits per heavy atom. The first-order valence-electron chi connectivity index (χ1n) is 7.85. The summed E-state index contributed by atoms with van der Waals surface area (Å²) < 4.78 is 8.55. The third-order valence-corrected chi connectivity index (χ3v) is 5.00. The summed E-state index contributed by atoms with van der Waals surface area (Å²) >= 11 is 3.25. The van der Waals surface area contributed by atoms with Gasteiger partial charge >= 0.3 is 5.97 Å². The van der Waals surface area contributed by atoms with Gasteiger partial charge in [-0.05, 0) is 40.6 Å². The number of ether oxygens (including phenoxy) is 1. The normalized spacial score (nSPS) is 20.5. The van der Waals surface area contributed by atoms with Gasteiger partial charge in [0, 0.05) is 7.05 Å². The molecule has 0 amide bonds. The second kappa shape index (κ2) is 6.88. The van der Waals surface area contributed by atoms with Crippen LogP contribution in [0, 0.1) is 11.8 Å². The molecule has 0 N–H and O–H groups in total. The molecule has 24 heavy (non-hydrogen) atoms. The fraction of sp³-hybridized carbons (Fsp3) is 0.500. The minimum absolute atomic E-state index is 0.153. The van der Waals surface area contributed by atoms with Crippen LogP contribution in [0.4, 0.5) is 0 Å². The van der Waals surface area contributed by atoms with Crippen molar-refractivity contribution in [1.82, 2.24) is 19.3 Å². The average Bonchev–Trinajstić information content (AvgIpc) is 2.84. The molecule has 0 bridgehead atoms. The van der Waals surface area contributed by atoms with Gasteiger partial charge in [-0.2, -0.15) is 5.10 Å². The quantitative estimate of drug-likeness (QED) is 0.585. The summed E-state index contributed by atoms with van der Waals surface area (Å²) in [6, 6.07) is 0. The highest BCUT2D eigenvalue weighted by Gasteiger charge is 2.21. The number of rotatable bonds is 4. The molecule has 0 saturated carbocycles. The van der Waals surface area contributed by atoms with Gasteiger partial charge in [0.25, 0.3) is 5.56 Å². The van der Waals surface area contributed by atoms with Gasteiger partial charge in [-0.3, -0.25) is 14.2 Å². The highest BCUT2D eigenvalue weighted by Crippen LogP contribution is 2.25. The molecule has 0 aliphatic heterocycles. The molecule has 2 atom stereocenters.